The van der Waals surface area contributed by atoms with Gasteiger partial charge in [0.25, 0.3) is 0 Å². The van der Waals surface area contributed by atoms with Crippen LogP contribution in [0.15, 0.2) is 0 Å². The molecule has 1 saturated carbocycles. The van der Waals surface area contributed by atoms with Crippen LogP contribution < -0.4 is 14.4 Å². The summed E-state index contributed by atoms with van der Waals surface area (Å²) < 4.78 is 30.9. The maximum absolute atomic E-state index is 14.7. The summed E-state index contributed by atoms with van der Waals surface area (Å²) in [6, 6.07) is 0.0931. The van der Waals surface area contributed by atoms with Crippen LogP contribution in [0.25, 0.3) is 10.9 Å². The summed E-state index contributed by atoms with van der Waals surface area (Å²) in [4.78, 5) is 14.8. The lowest BCUT2D eigenvalue weighted by Crippen LogP contribution is -2.29. The number of hydrogen-bond donors (Lipinski definition) is 1. The van der Waals surface area contributed by atoms with E-state index in [-0.39, 0.29) is 35.2 Å². The number of methoxy groups -OCH3 is 1. The lowest BCUT2D eigenvalue weighted by atomic mass is 10.2. The minimum Gasteiger partial charge on any atom is -0.480 e. The number of aryl methyl sites for hydroxylation is 1. The number of hydrogen-bond acceptors (Lipinski definition) is 8. The second-order valence-electron chi connectivity index (χ2n) is 6.11. The topological polar surface area (TPSA) is 89.8 Å². The van der Waals surface area contributed by atoms with Crippen LogP contribution in [0, 0.1) is 12.7 Å². The molecule has 0 radical (unpaired) electrons. The van der Waals surface area contributed by atoms with Crippen LogP contribution in [0.1, 0.15) is 18.5 Å². The molecule has 8 nitrogen and oxygen atoms in total. The smallest absolute Gasteiger partial charge is 0.321 e. The highest BCUT2D eigenvalue weighted by molar-refractivity contribution is 5.95. The van der Waals surface area contributed by atoms with Crippen molar-refractivity contribution in [2.24, 2.45) is 0 Å². The minimum absolute atomic E-state index is 0.0696. The number of aliphatic hydroxyl groups excluding tert-OH is 1. The third-order valence-corrected chi connectivity index (χ3v) is 4.51. The second-order valence-corrected chi connectivity index (χ2v) is 6.11. The van der Waals surface area contributed by atoms with Crippen molar-refractivity contribution in [2.75, 3.05) is 32.0 Å². The Bertz CT molecular complexity index is 819. The fourth-order valence-electron chi connectivity index (χ4n) is 3.26. The van der Waals surface area contributed by atoms with E-state index in [9.17, 15) is 4.39 Å². The Morgan fingerprint density at radius 2 is 2.20 bits per heavy atom. The van der Waals surface area contributed by atoms with Gasteiger partial charge < -0.3 is 24.2 Å². The van der Waals surface area contributed by atoms with Gasteiger partial charge in [-0.15, -0.1) is 0 Å². The van der Waals surface area contributed by atoms with Gasteiger partial charge in [-0.05, 0) is 19.8 Å². The summed E-state index contributed by atoms with van der Waals surface area (Å²) >= 11 is 0. The standard InChI is InChI=1S/C16H19FN4O4/c1-8-12(17)13-11(15(18-8)23-2)14(20-16(19-13)25-7-22)21-4-3-5-24-10-6-9(10)21/h9-10,22H,3-7H2,1-2H3. The Labute approximate surface area is 143 Å². The average Bonchev–Trinajstić information content (AvgIpc) is 3.38. The number of aliphatic hydroxyl groups is 1. The van der Waals surface area contributed by atoms with Crippen molar-refractivity contribution in [1.29, 1.82) is 0 Å². The van der Waals surface area contributed by atoms with Gasteiger partial charge >= 0.3 is 6.01 Å². The maximum Gasteiger partial charge on any atom is 0.321 e. The van der Waals surface area contributed by atoms with Gasteiger partial charge in [-0.2, -0.15) is 9.97 Å². The number of anilines is 1. The molecule has 0 spiro atoms. The molecule has 2 fully saturated rings. The van der Waals surface area contributed by atoms with Gasteiger partial charge in [-0.1, -0.05) is 0 Å². The highest BCUT2D eigenvalue weighted by Crippen LogP contribution is 2.41. The lowest BCUT2D eigenvalue weighted by Gasteiger charge is -2.24. The Hall–Kier alpha value is -2.26. The van der Waals surface area contributed by atoms with Gasteiger partial charge in [0, 0.05) is 13.2 Å². The van der Waals surface area contributed by atoms with Crippen LogP contribution in [0.3, 0.4) is 0 Å². The van der Waals surface area contributed by atoms with Gasteiger partial charge in [0.05, 0.1) is 24.9 Å². The molecule has 1 aliphatic heterocycles. The lowest BCUT2D eigenvalue weighted by molar-refractivity contribution is 0.0897. The molecular weight excluding hydrogens is 331 g/mol. The zero-order chi connectivity index (χ0) is 17.6. The molecule has 0 amide bonds. The van der Waals surface area contributed by atoms with E-state index in [1.54, 1.807) is 6.92 Å². The summed E-state index contributed by atoms with van der Waals surface area (Å²) in [5.74, 6) is 0.206. The largest absolute Gasteiger partial charge is 0.480 e. The molecule has 1 aliphatic carbocycles. The number of ether oxygens (including phenoxy) is 3. The molecule has 134 valence electrons. The van der Waals surface area contributed by atoms with Crippen molar-refractivity contribution < 1.29 is 23.7 Å². The predicted molar refractivity (Wildman–Crippen MR) is 86.4 cm³/mol. The first kappa shape index (κ1) is 16.2. The van der Waals surface area contributed by atoms with Crippen molar-refractivity contribution >= 4 is 16.7 Å². The molecule has 4 rings (SSSR count). The van der Waals surface area contributed by atoms with Gasteiger partial charge in [0.1, 0.15) is 16.7 Å². The van der Waals surface area contributed by atoms with Crippen LogP contribution in [0.5, 0.6) is 11.9 Å². The van der Waals surface area contributed by atoms with Crippen LogP contribution in [-0.2, 0) is 4.74 Å². The summed E-state index contributed by atoms with van der Waals surface area (Å²) in [6.45, 7) is 2.35. The van der Waals surface area contributed by atoms with E-state index < -0.39 is 12.6 Å². The Morgan fingerprint density at radius 1 is 1.36 bits per heavy atom. The monoisotopic (exact) mass is 350 g/mol. The van der Waals surface area contributed by atoms with E-state index in [2.05, 4.69) is 19.9 Å². The quantitative estimate of drug-likeness (QED) is 0.822. The molecule has 2 aliphatic rings. The number of fused-ring (bicyclic) bond motifs is 2. The van der Waals surface area contributed by atoms with E-state index in [0.717, 1.165) is 12.8 Å². The zero-order valence-corrected chi connectivity index (χ0v) is 14.0. The molecule has 0 bridgehead atoms. The van der Waals surface area contributed by atoms with Crippen molar-refractivity contribution in [3.8, 4) is 11.9 Å². The van der Waals surface area contributed by atoms with Crippen molar-refractivity contribution in [2.45, 2.75) is 31.9 Å². The van der Waals surface area contributed by atoms with E-state index >= 15 is 0 Å². The van der Waals surface area contributed by atoms with E-state index in [1.807, 2.05) is 0 Å². The summed E-state index contributed by atoms with van der Waals surface area (Å²) in [5.41, 5.74) is 0.243. The van der Waals surface area contributed by atoms with Crippen LogP contribution in [0.4, 0.5) is 10.2 Å². The summed E-state index contributed by atoms with van der Waals surface area (Å²) in [7, 11) is 1.48. The number of halogens is 1. The van der Waals surface area contributed by atoms with E-state index in [4.69, 9.17) is 19.3 Å². The SMILES string of the molecule is COc1nc(C)c(F)c2nc(OCO)nc(N3CCCOC4CC43)c12. The Kier molecular flexibility index (Phi) is 4.04. The van der Waals surface area contributed by atoms with Gasteiger partial charge in [0.2, 0.25) is 5.88 Å². The first-order chi connectivity index (χ1) is 12.1. The summed E-state index contributed by atoms with van der Waals surface area (Å²) in [6.07, 6.45) is 1.88. The zero-order valence-electron chi connectivity index (χ0n) is 14.0. The molecule has 9 heteroatoms. The molecule has 2 atom stereocenters. The second kappa shape index (κ2) is 6.23. The Balaban J connectivity index is 1.95. The van der Waals surface area contributed by atoms with E-state index in [0.29, 0.717) is 24.4 Å². The van der Waals surface area contributed by atoms with Crippen LogP contribution in [-0.4, -0.2) is 59.3 Å². The van der Waals surface area contributed by atoms with Crippen LogP contribution >= 0.6 is 0 Å². The highest BCUT2D eigenvalue weighted by atomic mass is 19.1. The first-order valence-corrected chi connectivity index (χ1v) is 8.17. The molecule has 2 unspecified atom stereocenters. The molecule has 2 aromatic rings. The molecule has 1 N–H and O–H groups in total. The van der Waals surface area contributed by atoms with Gasteiger partial charge in [-0.3, -0.25) is 0 Å². The van der Waals surface area contributed by atoms with E-state index in [1.165, 1.54) is 7.11 Å². The Morgan fingerprint density at radius 3 is 2.96 bits per heavy atom. The summed E-state index contributed by atoms with van der Waals surface area (Å²) in [5, 5.41) is 9.46. The fraction of sp³-hybridized carbons (Fsp3) is 0.562. The molecular formula is C16H19FN4O4. The third-order valence-electron chi connectivity index (χ3n) is 4.51. The number of rotatable bonds is 4. The van der Waals surface area contributed by atoms with Crippen molar-refractivity contribution in [3.63, 3.8) is 0 Å². The normalized spacial score (nSPS) is 22.5. The molecule has 2 aromatic heterocycles. The highest BCUT2D eigenvalue weighted by Gasteiger charge is 2.46. The van der Waals surface area contributed by atoms with Gasteiger partial charge in [-0.25, -0.2) is 9.37 Å². The van der Waals surface area contributed by atoms with Crippen molar-refractivity contribution in [1.82, 2.24) is 15.0 Å². The third kappa shape index (κ3) is 2.73. The van der Waals surface area contributed by atoms with Crippen LogP contribution in [0.2, 0.25) is 0 Å². The maximum atomic E-state index is 14.7. The predicted octanol–water partition coefficient (Wildman–Crippen LogP) is 1.18. The number of nitrogens with zero attached hydrogens (tertiary/aromatic N) is 4. The minimum atomic E-state index is -0.594. The first-order valence-electron chi connectivity index (χ1n) is 8.17. The molecule has 25 heavy (non-hydrogen) atoms. The molecule has 3 heterocycles. The van der Waals surface area contributed by atoms with Crippen molar-refractivity contribution in [3.05, 3.63) is 11.5 Å². The molecule has 0 aromatic carbocycles. The average molecular weight is 350 g/mol. The fourth-order valence-corrected chi connectivity index (χ4v) is 3.26. The molecule has 1 saturated heterocycles. The van der Waals surface area contributed by atoms with Gasteiger partial charge in [0.15, 0.2) is 12.6 Å². The number of pyridine rings is 1. The number of aromatic nitrogens is 3.